The third kappa shape index (κ3) is 38.0. The van der Waals surface area contributed by atoms with Gasteiger partial charge in [-0.1, -0.05) is 53.0 Å². The molecule has 2 nitrogen and oxygen atoms in total. The van der Waals surface area contributed by atoms with Gasteiger partial charge in [0, 0.05) is 5.57 Å². The number of hydrogen-bond acceptors (Lipinski definition) is 1. The van der Waals surface area contributed by atoms with E-state index in [-0.39, 0.29) is 5.57 Å². The largest absolute Gasteiger partial charge is 0.478 e. The lowest BCUT2D eigenvalue weighted by Gasteiger charge is -1.91. The van der Waals surface area contributed by atoms with E-state index in [2.05, 4.69) is 6.58 Å². The summed E-state index contributed by atoms with van der Waals surface area (Å²) >= 11 is 19.3. The van der Waals surface area contributed by atoms with E-state index in [0.29, 0.717) is 0 Å². The fraction of sp³-hybridized carbons (Fsp3) is 0.400. The van der Waals surface area contributed by atoms with Gasteiger partial charge in [-0.15, -0.1) is 0 Å². The Kier molecular flexibility index (Phi) is 7.53. The molecule has 0 aliphatic rings. The van der Waals surface area contributed by atoms with Crippen molar-refractivity contribution >= 4 is 52.4 Å². The molecule has 6 heteroatoms. The number of alkyl halides is 4. The molecule has 0 unspecified atom stereocenters. The van der Waals surface area contributed by atoms with E-state index in [4.69, 9.17) is 51.5 Å². The first-order chi connectivity index (χ1) is 4.64. The summed E-state index contributed by atoms with van der Waals surface area (Å²) in [6, 6.07) is 0. The molecule has 0 radical (unpaired) electrons. The van der Waals surface area contributed by atoms with Crippen LogP contribution in [0.3, 0.4) is 0 Å². The smallest absolute Gasteiger partial charge is 0.330 e. The molecule has 0 atom stereocenters. The molecule has 0 aromatic heterocycles. The van der Waals surface area contributed by atoms with Crippen molar-refractivity contribution in [1.82, 2.24) is 0 Å². The van der Waals surface area contributed by atoms with Crippen molar-refractivity contribution in [1.29, 1.82) is 0 Å². The highest BCUT2D eigenvalue weighted by atomic mass is 35.6. The lowest BCUT2D eigenvalue weighted by molar-refractivity contribution is -0.132. The van der Waals surface area contributed by atoms with Gasteiger partial charge in [-0.25, -0.2) is 4.79 Å². The second-order valence-electron chi connectivity index (χ2n) is 1.51. The number of aliphatic carboxylic acids is 1. The minimum atomic E-state index is -1.61. The third-order valence-corrected chi connectivity index (χ3v) is 0.365. The SMILES string of the molecule is C=C(C)C(=O)O.ClC(Cl)(Cl)Cl. The van der Waals surface area contributed by atoms with Gasteiger partial charge in [-0.05, 0) is 6.92 Å². The zero-order valence-corrected chi connectivity index (χ0v) is 8.60. The molecule has 0 aromatic carbocycles. The first kappa shape index (κ1) is 13.9. The maximum absolute atomic E-state index is 9.60. The predicted octanol–water partition coefficient (Wildman–Crippen LogP) is 3.20. The summed E-state index contributed by atoms with van der Waals surface area (Å²) in [6.07, 6.45) is 0. The number of carbonyl (C=O) groups is 1. The molecule has 1 N–H and O–H groups in total. The van der Waals surface area contributed by atoms with Gasteiger partial charge >= 0.3 is 5.97 Å². The molecular weight excluding hydrogens is 234 g/mol. The average molecular weight is 240 g/mol. The van der Waals surface area contributed by atoms with Crippen molar-refractivity contribution in [3.05, 3.63) is 12.2 Å². The monoisotopic (exact) mass is 238 g/mol. The van der Waals surface area contributed by atoms with Crippen molar-refractivity contribution in [3.63, 3.8) is 0 Å². The van der Waals surface area contributed by atoms with Gasteiger partial charge in [0.05, 0.1) is 0 Å². The van der Waals surface area contributed by atoms with Crippen LogP contribution in [-0.2, 0) is 4.79 Å². The van der Waals surface area contributed by atoms with Crippen LogP contribution in [0, 0.1) is 0 Å². The van der Waals surface area contributed by atoms with Crippen LogP contribution in [0.4, 0.5) is 0 Å². The van der Waals surface area contributed by atoms with Crippen LogP contribution in [0.25, 0.3) is 0 Å². The Morgan fingerprint density at radius 3 is 1.45 bits per heavy atom. The second-order valence-corrected chi connectivity index (χ2v) is 4.94. The van der Waals surface area contributed by atoms with Crippen LogP contribution in [0.5, 0.6) is 0 Å². The molecule has 0 aromatic rings. The number of carboxylic acid groups (broad SMARTS) is 1. The Labute approximate surface area is 84.7 Å². The Morgan fingerprint density at radius 2 is 1.45 bits per heavy atom. The average Bonchev–Trinajstić information content (AvgIpc) is 1.59. The van der Waals surface area contributed by atoms with Gasteiger partial charge in [-0.3, -0.25) is 0 Å². The molecule has 11 heavy (non-hydrogen) atoms. The van der Waals surface area contributed by atoms with Crippen LogP contribution in [0.15, 0.2) is 12.2 Å². The molecule has 0 aliphatic carbocycles. The minimum absolute atomic E-state index is 0.176. The zero-order valence-electron chi connectivity index (χ0n) is 5.57. The lowest BCUT2D eigenvalue weighted by Crippen LogP contribution is -1.92. The Morgan fingerprint density at radius 1 is 1.36 bits per heavy atom. The van der Waals surface area contributed by atoms with Crippen LogP contribution < -0.4 is 0 Å². The summed E-state index contributed by atoms with van der Waals surface area (Å²) in [5, 5.41) is 7.89. The van der Waals surface area contributed by atoms with E-state index in [1.807, 2.05) is 0 Å². The van der Waals surface area contributed by atoms with Gasteiger partial charge in [0.2, 0.25) is 0 Å². The first-order valence-corrected chi connectivity index (χ1v) is 3.80. The van der Waals surface area contributed by atoms with Crippen molar-refractivity contribution in [2.24, 2.45) is 0 Å². The molecule has 0 spiro atoms. The summed E-state index contributed by atoms with van der Waals surface area (Å²) in [7, 11) is 0. The highest BCUT2D eigenvalue weighted by Crippen LogP contribution is 2.29. The van der Waals surface area contributed by atoms with Crippen LogP contribution in [0.1, 0.15) is 6.92 Å². The van der Waals surface area contributed by atoms with E-state index in [9.17, 15) is 4.79 Å². The van der Waals surface area contributed by atoms with Crippen LogP contribution >= 0.6 is 46.4 Å². The number of carboxylic acids is 1. The maximum Gasteiger partial charge on any atom is 0.330 e. The molecule has 66 valence electrons. The standard InChI is InChI=1S/C4H6O2.CCl4/c1-3(2)4(5)6;2-1(3,4)5/h1H2,2H3,(H,5,6);. The molecule has 0 amide bonds. The molecular formula is C5H6Cl4O2. The zero-order chi connectivity index (χ0) is 9.65. The van der Waals surface area contributed by atoms with Crippen molar-refractivity contribution in [2.75, 3.05) is 0 Å². The van der Waals surface area contributed by atoms with Gasteiger partial charge < -0.3 is 5.11 Å². The van der Waals surface area contributed by atoms with Crippen LogP contribution in [0.2, 0.25) is 0 Å². The summed E-state index contributed by atoms with van der Waals surface area (Å²) in [6.45, 7) is 4.60. The van der Waals surface area contributed by atoms with Crippen LogP contribution in [-0.4, -0.2) is 14.3 Å². The van der Waals surface area contributed by atoms with Crippen molar-refractivity contribution in [3.8, 4) is 0 Å². The lowest BCUT2D eigenvalue weighted by atomic mass is 10.4. The Balaban J connectivity index is 0. The Bertz CT molecular complexity index is 131. The highest BCUT2D eigenvalue weighted by Gasteiger charge is 2.11. The number of hydrogen-bond donors (Lipinski definition) is 1. The summed E-state index contributed by atoms with van der Waals surface area (Å²) in [5.74, 6) is -0.935. The topological polar surface area (TPSA) is 37.3 Å². The molecule has 0 rings (SSSR count). The molecule has 0 aliphatic heterocycles. The van der Waals surface area contributed by atoms with Gasteiger partial charge in [-0.2, -0.15) is 0 Å². The summed E-state index contributed by atoms with van der Waals surface area (Å²) in [4.78, 5) is 9.60. The summed E-state index contributed by atoms with van der Waals surface area (Å²) in [5.41, 5.74) is 0.176. The molecule has 0 bridgehead atoms. The molecule has 0 saturated heterocycles. The quantitative estimate of drug-likeness (QED) is 0.564. The fourth-order valence-corrected chi connectivity index (χ4v) is 0. The molecule has 0 heterocycles. The van der Waals surface area contributed by atoms with Crippen molar-refractivity contribution < 1.29 is 9.90 Å². The number of rotatable bonds is 1. The normalized spacial score (nSPS) is 9.55. The third-order valence-electron chi connectivity index (χ3n) is 0.365. The Hall–Kier alpha value is 0.370. The first-order valence-electron chi connectivity index (χ1n) is 2.29. The molecule has 0 fully saturated rings. The van der Waals surface area contributed by atoms with E-state index in [1.54, 1.807) is 0 Å². The summed E-state index contributed by atoms with van der Waals surface area (Å²) < 4.78 is -1.61. The minimum Gasteiger partial charge on any atom is -0.478 e. The van der Waals surface area contributed by atoms with E-state index >= 15 is 0 Å². The van der Waals surface area contributed by atoms with Crippen molar-refractivity contribution in [2.45, 2.75) is 10.2 Å². The maximum atomic E-state index is 9.60. The predicted molar refractivity (Wildman–Crippen MR) is 48.6 cm³/mol. The van der Waals surface area contributed by atoms with Gasteiger partial charge in [0.15, 0.2) is 0 Å². The van der Waals surface area contributed by atoms with E-state index < -0.39 is 9.22 Å². The fourth-order valence-electron chi connectivity index (χ4n) is 0. The molecule has 0 saturated carbocycles. The van der Waals surface area contributed by atoms with Gasteiger partial charge in [0.25, 0.3) is 3.25 Å². The second kappa shape index (κ2) is 5.95. The number of halogens is 4. The van der Waals surface area contributed by atoms with E-state index in [1.165, 1.54) is 6.92 Å². The highest BCUT2D eigenvalue weighted by molar-refractivity contribution is 6.83. The van der Waals surface area contributed by atoms with E-state index in [0.717, 1.165) is 0 Å². The van der Waals surface area contributed by atoms with Gasteiger partial charge in [0.1, 0.15) is 0 Å².